The van der Waals surface area contributed by atoms with Gasteiger partial charge in [0.25, 0.3) is 5.78 Å². The van der Waals surface area contributed by atoms with E-state index in [9.17, 15) is 9.59 Å². The Kier molecular flexibility index (Phi) is 2.55. The van der Waals surface area contributed by atoms with Crippen LogP contribution < -0.4 is 0 Å². The zero-order chi connectivity index (χ0) is 11.9. The predicted octanol–water partition coefficient (Wildman–Crippen LogP) is 2.21. The van der Waals surface area contributed by atoms with E-state index in [0.29, 0.717) is 5.39 Å². The number of hydrogen-bond donors (Lipinski definition) is 1. The van der Waals surface area contributed by atoms with Crippen molar-refractivity contribution < 1.29 is 14.7 Å². The lowest BCUT2D eigenvalue weighted by molar-refractivity contribution is -0.131. The van der Waals surface area contributed by atoms with Crippen LogP contribution in [0.15, 0.2) is 28.9 Å². The number of fused-ring (bicyclic) bond motifs is 1. The first-order chi connectivity index (χ1) is 7.52. The number of nitrogens with zero attached hydrogens (tertiary/aromatic N) is 1. The van der Waals surface area contributed by atoms with Gasteiger partial charge in [-0.3, -0.25) is 4.79 Å². The molecular weight excluding hydrogens is 274 g/mol. The number of benzene rings is 1. The van der Waals surface area contributed by atoms with E-state index in [0.717, 1.165) is 9.99 Å². The third-order valence-electron chi connectivity index (χ3n) is 2.41. The Morgan fingerprint density at radius 1 is 1.38 bits per heavy atom. The summed E-state index contributed by atoms with van der Waals surface area (Å²) in [5.74, 6) is -2.33. The fourth-order valence-electron chi connectivity index (χ4n) is 1.69. The number of halogens is 1. The van der Waals surface area contributed by atoms with Crippen molar-refractivity contribution in [1.82, 2.24) is 4.57 Å². The van der Waals surface area contributed by atoms with E-state index in [4.69, 9.17) is 5.11 Å². The molecule has 4 nitrogen and oxygen atoms in total. The zero-order valence-corrected chi connectivity index (χ0v) is 9.98. The van der Waals surface area contributed by atoms with Gasteiger partial charge in [-0.15, -0.1) is 0 Å². The van der Waals surface area contributed by atoms with E-state index in [-0.39, 0.29) is 5.56 Å². The maximum Gasteiger partial charge on any atom is 0.377 e. The van der Waals surface area contributed by atoms with E-state index >= 15 is 0 Å². The van der Waals surface area contributed by atoms with Crippen molar-refractivity contribution >= 4 is 38.6 Å². The largest absolute Gasteiger partial charge is 0.475 e. The molecular formula is C11H8BrNO3. The summed E-state index contributed by atoms with van der Waals surface area (Å²) in [5.41, 5.74) is 1.02. The molecule has 0 atom stereocenters. The lowest BCUT2D eigenvalue weighted by Gasteiger charge is -2.00. The van der Waals surface area contributed by atoms with Gasteiger partial charge in [0.05, 0.1) is 0 Å². The maximum atomic E-state index is 11.5. The highest BCUT2D eigenvalue weighted by Gasteiger charge is 2.19. The highest BCUT2D eigenvalue weighted by Crippen LogP contribution is 2.29. The van der Waals surface area contributed by atoms with Gasteiger partial charge in [-0.2, -0.15) is 0 Å². The number of carboxylic acids is 1. The van der Waals surface area contributed by atoms with Gasteiger partial charge in [-0.05, 0) is 28.1 Å². The summed E-state index contributed by atoms with van der Waals surface area (Å²) in [6.07, 6.45) is 1.79. The molecule has 0 saturated carbocycles. The summed E-state index contributed by atoms with van der Waals surface area (Å²) in [6, 6.07) is 5.02. The van der Waals surface area contributed by atoms with Crippen LogP contribution in [0.3, 0.4) is 0 Å². The Hall–Kier alpha value is -1.62. The Morgan fingerprint density at radius 3 is 2.69 bits per heavy atom. The summed E-state index contributed by atoms with van der Waals surface area (Å²) >= 11 is 3.32. The van der Waals surface area contributed by atoms with Crippen LogP contribution in [0.25, 0.3) is 10.9 Å². The Labute approximate surface area is 99.6 Å². The molecule has 16 heavy (non-hydrogen) atoms. The molecule has 5 heteroatoms. The fourth-order valence-corrected chi connectivity index (χ4v) is 2.42. The van der Waals surface area contributed by atoms with Crippen molar-refractivity contribution in [2.75, 3.05) is 0 Å². The molecule has 0 amide bonds. The number of rotatable bonds is 2. The lowest BCUT2D eigenvalue weighted by Crippen LogP contribution is -2.12. The van der Waals surface area contributed by atoms with E-state index in [1.807, 2.05) is 17.7 Å². The smallest absolute Gasteiger partial charge is 0.377 e. The second-order valence-electron chi connectivity index (χ2n) is 3.42. The summed E-state index contributed by atoms with van der Waals surface area (Å²) in [7, 11) is 1.84. The van der Waals surface area contributed by atoms with Crippen molar-refractivity contribution in [1.29, 1.82) is 0 Å². The molecule has 0 saturated heterocycles. The normalized spacial score (nSPS) is 10.6. The molecule has 0 unspecified atom stereocenters. The van der Waals surface area contributed by atoms with Gasteiger partial charge in [0, 0.05) is 34.2 Å². The van der Waals surface area contributed by atoms with Gasteiger partial charge in [0.2, 0.25) is 0 Å². The van der Waals surface area contributed by atoms with Crippen LogP contribution in [0, 0.1) is 0 Å². The fraction of sp³-hybridized carbons (Fsp3) is 0.0909. The molecule has 1 aromatic heterocycles. The molecule has 1 aromatic carbocycles. The number of carboxylic acid groups (broad SMARTS) is 1. The Balaban J connectivity index is 2.80. The van der Waals surface area contributed by atoms with Crippen molar-refractivity contribution in [3.05, 3.63) is 34.4 Å². The van der Waals surface area contributed by atoms with Gasteiger partial charge in [-0.1, -0.05) is 6.07 Å². The second kappa shape index (κ2) is 3.75. The van der Waals surface area contributed by atoms with Crippen molar-refractivity contribution in [3.63, 3.8) is 0 Å². The van der Waals surface area contributed by atoms with Crippen molar-refractivity contribution in [2.45, 2.75) is 0 Å². The van der Waals surface area contributed by atoms with E-state index in [2.05, 4.69) is 15.9 Å². The molecule has 0 bridgehead atoms. The third-order valence-corrected chi connectivity index (χ3v) is 3.01. The summed E-state index contributed by atoms with van der Waals surface area (Å²) in [5, 5.41) is 9.36. The SMILES string of the molecule is Cn1cc(Br)c2c(C(=O)C(=O)O)cccc21. The molecule has 1 heterocycles. The van der Waals surface area contributed by atoms with Gasteiger partial charge >= 0.3 is 5.97 Å². The number of hydrogen-bond acceptors (Lipinski definition) is 2. The molecule has 2 rings (SSSR count). The molecule has 0 fully saturated rings. The first-order valence-electron chi connectivity index (χ1n) is 4.53. The zero-order valence-electron chi connectivity index (χ0n) is 8.40. The quantitative estimate of drug-likeness (QED) is 0.678. The average Bonchev–Trinajstić information content (AvgIpc) is 2.54. The summed E-state index contributed by atoms with van der Waals surface area (Å²) < 4.78 is 2.55. The van der Waals surface area contributed by atoms with Crippen LogP contribution in [0.4, 0.5) is 0 Å². The minimum atomic E-state index is -1.44. The highest BCUT2D eigenvalue weighted by atomic mass is 79.9. The molecule has 0 aliphatic carbocycles. The van der Waals surface area contributed by atoms with Gasteiger partial charge in [0.15, 0.2) is 0 Å². The van der Waals surface area contributed by atoms with Crippen LogP contribution in [0.2, 0.25) is 0 Å². The van der Waals surface area contributed by atoms with E-state index < -0.39 is 11.8 Å². The summed E-state index contributed by atoms with van der Waals surface area (Å²) in [6.45, 7) is 0. The van der Waals surface area contributed by atoms with Crippen LogP contribution in [-0.2, 0) is 11.8 Å². The highest BCUT2D eigenvalue weighted by molar-refractivity contribution is 9.10. The number of aliphatic carboxylic acids is 1. The van der Waals surface area contributed by atoms with Gasteiger partial charge in [0.1, 0.15) is 0 Å². The number of carbonyl (C=O) groups is 2. The molecule has 82 valence electrons. The van der Waals surface area contributed by atoms with Crippen molar-refractivity contribution in [2.24, 2.45) is 7.05 Å². The third kappa shape index (κ3) is 1.53. The topological polar surface area (TPSA) is 59.3 Å². The Bertz CT molecular complexity index is 601. The first kappa shape index (κ1) is 10.9. The van der Waals surface area contributed by atoms with Crippen molar-refractivity contribution in [3.8, 4) is 0 Å². The molecule has 0 radical (unpaired) electrons. The average molecular weight is 282 g/mol. The van der Waals surface area contributed by atoms with E-state index in [1.165, 1.54) is 6.07 Å². The van der Waals surface area contributed by atoms with Crippen LogP contribution >= 0.6 is 15.9 Å². The maximum absolute atomic E-state index is 11.5. The lowest BCUT2D eigenvalue weighted by atomic mass is 10.1. The number of Topliss-reactive ketones (excluding diaryl/α,β-unsaturated/α-hetero) is 1. The number of carbonyl (C=O) groups excluding carboxylic acids is 1. The minimum absolute atomic E-state index is 0.206. The number of aromatic nitrogens is 1. The molecule has 1 N–H and O–H groups in total. The second-order valence-corrected chi connectivity index (χ2v) is 4.28. The number of aryl methyl sites for hydroxylation is 1. The monoisotopic (exact) mass is 281 g/mol. The first-order valence-corrected chi connectivity index (χ1v) is 5.33. The Morgan fingerprint density at radius 2 is 2.06 bits per heavy atom. The molecule has 0 aliphatic rings. The number of ketones is 1. The van der Waals surface area contributed by atoms with Crippen LogP contribution in [0.5, 0.6) is 0 Å². The van der Waals surface area contributed by atoms with Crippen LogP contribution in [-0.4, -0.2) is 21.4 Å². The van der Waals surface area contributed by atoms with Gasteiger partial charge in [-0.25, -0.2) is 4.79 Å². The minimum Gasteiger partial charge on any atom is -0.475 e. The standard InChI is InChI=1S/C11H8BrNO3/c1-13-5-7(12)9-6(10(14)11(15)16)3-2-4-8(9)13/h2-5H,1H3,(H,15,16). The van der Waals surface area contributed by atoms with Crippen LogP contribution in [0.1, 0.15) is 10.4 Å². The molecule has 0 aliphatic heterocycles. The molecule has 0 spiro atoms. The summed E-state index contributed by atoms with van der Waals surface area (Å²) in [4.78, 5) is 22.2. The predicted molar refractivity (Wildman–Crippen MR) is 62.6 cm³/mol. The molecule has 2 aromatic rings. The van der Waals surface area contributed by atoms with E-state index in [1.54, 1.807) is 12.3 Å². The van der Waals surface area contributed by atoms with Gasteiger partial charge < -0.3 is 9.67 Å².